The van der Waals surface area contributed by atoms with Gasteiger partial charge in [0.25, 0.3) is 0 Å². The summed E-state index contributed by atoms with van der Waals surface area (Å²) in [6.07, 6.45) is 2.11. The summed E-state index contributed by atoms with van der Waals surface area (Å²) < 4.78 is 11.0. The van der Waals surface area contributed by atoms with Gasteiger partial charge < -0.3 is 9.47 Å². The van der Waals surface area contributed by atoms with Crippen LogP contribution in [0.1, 0.15) is 15.9 Å². The van der Waals surface area contributed by atoms with E-state index in [0.29, 0.717) is 15.1 Å². The maximum absolute atomic E-state index is 12.2. The Labute approximate surface area is 150 Å². The van der Waals surface area contributed by atoms with Crippen molar-refractivity contribution in [2.45, 2.75) is 0 Å². The lowest BCUT2D eigenvalue weighted by Crippen LogP contribution is -2.09. The van der Waals surface area contributed by atoms with Gasteiger partial charge >= 0.3 is 5.97 Å². The monoisotopic (exact) mass is 411 g/mol. The van der Waals surface area contributed by atoms with E-state index in [1.165, 1.54) is 25.3 Å². The lowest BCUT2D eigenvalue weighted by atomic mass is 10.2. The molecular formula is C16H11BrClNO5. The Hall–Kier alpha value is -2.38. The third-order valence-corrected chi connectivity index (χ3v) is 3.72. The lowest BCUT2D eigenvalue weighted by molar-refractivity contribution is -0.400. The van der Waals surface area contributed by atoms with Gasteiger partial charge in [0.1, 0.15) is 0 Å². The van der Waals surface area contributed by atoms with Crippen molar-refractivity contribution in [2.75, 3.05) is 7.11 Å². The molecule has 0 fully saturated rings. The quantitative estimate of drug-likeness (QED) is 0.311. The second-order valence-corrected chi connectivity index (χ2v) is 5.83. The van der Waals surface area contributed by atoms with E-state index in [1.807, 2.05) is 0 Å². The number of benzene rings is 2. The van der Waals surface area contributed by atoms with E-state index in [9.17, 15) is 14.9 Å². The number of rotatable bonds is 5. The minimum absolute atomic E-state index is 0.167. The number of halogens is 2. The van der Waals surface area contributed by atoms with Crippen LogP contribution in [0.5, 0.6) is 11.5 Å². The second-order valence-electron chi connectivity index (χ2n) is 4.54. The van der Waals surface area contributed by atoms with Gasteiger partial charge in [-0.3, -0.25) is 10.1 Å². The number of methoxy groups -OCH3 is 1. The molecule has 0 aromatic heterocycles. The highest BCUT2D eigenvalue weighted by Gasteiger charge is 2.17. The summed E-state index contributed by atoms with van der Waals surface area (Å²) in [7, 11) is 1.40. The number of carbonyl (C=O) groups is 1. The van der Waals surface area contributed by atoms with Gasteiger partial charge in [-0.1, -0.05) is 17.7 Å². The van der Waals surface area contributed by atoms with Crippen molar-refractivity contribution < 1.29 is 19.2 Å². The molecule has 0 radical (unpaired) electrons. The van der Waals surface area contributed by atoms with Crippen LogP contribution in [0.3, 0.4) is 0 Å². The molecule has 0 saturated heterocycles. The molecule has 8 heteroatoms. The Bertz CT molecular complexity index is 822. The van der Waals surface area contributed by atoms with E-state index in [-0.39, 0.29) is 17.1 Å². The van der Waals surface area contributed by atoms with Crippen LogP contribution in [0.4, 0.5) is 0 Å². The molecule has 2 aromatic rings. The number of ether oxygens (including phenoxy) is 2. The Morgan fingerprint density at radius 1 is 1.33 bits per heavy atom. The van der Waals surface area contributed by atoms with Crippen LogP contribution in [0, 0.1) is 10.1 Å². The van der Waals surface area contributed by atoms with Crippen LogP contribution >= 0.6 is 27.5 Å². The van der Waals surface area contributed by atoms with E-state index in [1.54, 1.807) is 24.3 Å². The summed E-state index contributed by atoms with van der Waals surface area (Å²) >= 11 is 9.13. The zero-order valence-corrected chi connectivity index (χ0v) is 14.7. The van der Waals surface area contributed by atoms with Crippen molar-refractivity contribution in [3.63, 3.8) is 0 Å². The molecule has 24 heavy (non-hydrogen) atoms. The van der Waals surface area contributed by atoms with Gasteiger partial charge in [0.15, 0.2) is 11.5 Å². The molecule has 0 aliphatic heterocycles. The van der Waals surface area contributed by atoms with Crippen molar-refractivity contribution in [1.29, 1.82) is 0 Å². The molecule has 0 aliphatic carbocycles. The molecule has 0 unspecified atom stereocenters. The summed E-state index contributed by atoms with van der Waals surface area (Å²) in [5, 5.41) is 10.8. The molecule has 0 bridgehead atoms. The zero-order valence-electron chi connectivity index (χ0n) is 12.4. The summed E-state index contributed by atoms with van der Waals surface area (Å²) in [5.74, 6) is -0.187. The van der Waals surface area contributed by atoms with Crippen molar-refractivity contribution in [2.24, 2.45) is 0 Å². The van der Waals surface area contributed by atoms with Gasteiger partial charge in [0.05, 0.1) is 22.1 Å². The molecule has 124 valence electrons. The summed E-state index contributed by atoms with van der Waals surface area (Å²) in [6.45, 7) is 0. The van der Waals surface area contributed by atoms with Crippen LogP contribution in [-0.4, -0.2) is 18.0 Å². The zero-order chi connectivity index (χ0) is 17.7. The Morgan fingerprint density at radius 2 is 2.08 bits per heavy atom. The van der Waals surface area contributed by atoms with Crippen LogP contribution in [0.25, 0.3) is 6.08 Å². The highest BCUT2D eigenvalue weighted by Crippen LogP contribution is 2.37. The normalized spacial score (nSPS) is 10.6. The third kappa shape index (κ3) is 4.56. The largest absolute Gasteiger partial charge is 0.493 e. The van der Waals surface area contributed by atoms with Crippen LogP contribution in [-0.2, 0) is 0 Å². The SMILES string of the molecule is COc1cc(/C=C/[N+](=O)[O-])cc(Br)c1OC(=O)c1cccc(Cl)c1. The van der Waals surface area contributed by atoms with Crippen molar-refractivity contribution in [3.8, 4) is 11.5 Å². The predicted octanol–water partition coefficient (Wildman–Crippen LogP) is 4.58. The smallest absolute Gasteiger partial charge is 0.343 e. The van der Waals surface area contributed by atoms with E-state index in [2.05, 4.69) is 15.9 Å². The maximum atomic E-state index is 12.2. The fourth-order valence-electron chi connectivity index (χ4n) is 1.85. The second kappa shape index (κ2) is 7.94. The molecule has 0 heterocycles. The predicted molar refractivity (Wildman–Crippen MR) is 93.1 cm³/mol. The molecular weight excluding hydrogens is 402 g/mol. The summed E-state index contributed by atoms with van der Waals surface area (Å²) in [4.78, 5) is 22.1. The Morgan fingerprint density at radius 3 is 2.71 bits per heavy atom. The highest BCUT2D eigenvalue weighted by molar-refractivity contribution is 9.10. The maximum Gasteiger partial charge on any atom is 0.343 e. The molecule has 0 amide bonds. The molecule has 2 rings (SSSR count). The fraction of sp³-hybridized carbons (Fsp3) is 0.0625. The first kappa shape index (κ1) is 18.0. The molecule has 6 nitrogen and oxygen atoms in total. The van der Waals surface area contributed by atoms with Crippen LogP contribution in [0.15, 0.2) is 47.1 Å². The van der Waals surface area contributed by atoms with Gasteiger partial charge in [-0.2, -0.15) is 0 Å². The average Bonchev–Trinajstić information content (AvgIpc) is 2.54. The molecule has 0 atom stereocenters. The first-order valence-electron chi connectivity index (χ1n) is 6.57. The van der Waals surface area contributed by atoms with Gasteiger partial charge in [-0.05, 0) is 51.8 Å². The van der Waals surface area contributed by atoms with Gasteiger partial charge in [0, 0.05) is 11.1 Å². The van der Waals surface area contributed by atoms with Gasteiger partial charge in [-0.25, -0.2) is 4.79 Å². The molecule has 0 spiro atoms. The Balaban J connectivity index is 2.33. The van der Waals surface area contributed by atoms with Gasteiger partial charge in [-0.15, -0.1) is 0 Å². The number of hydrogen-bond acceptors (Lipinski definition) is 5. The van der Waals surface area contributed by atoms with Crippen LogP contribution < -0.4 is 9.47 Å². The van der Waals surface area contributed by atoms with Crippen LogP contribution in [0.2, 0.25) is 5.02 Å². The molecule has 2 aromatic carbocycles. The number of carbonyl (C=O) groups excluding carboxylic acids is 1. The van der Waals surface area contributed by atoms with Crippen molar-refractivity contribution in [3.05, 3.63) is 73.3 Å². The topological polar surface area (TPSA) is 78.7 Å². The summed E-state index contributed by atoms with van der Waals surface area (Å²) in [5.41, 5.74) is 0.798. The third-order valence-electron chi connectivity index (χ3n) is 2.90. The molecule has 0 N–H and O–H groups in total. The van der Waals surface area contributed by atoms with Crippen molar-refractivity contribution >= 4 is 39.6 Å². The number of hydrogen-bond donors (Lipinski definition) is 0. The van der Waals surface area contributed by atoms with E-state index < -0.39 is 10.9 Å². The lowest BCUT2D eigenvalue weighted by Gasteiger charge is -2.12. The number of nitrogens with zero attached hydrogens (tertiary/aromatic N) is 1. The first-order chi connectivity index (χ1) is 11.4. The van der Waals surface area contributed by atoms with E-state index in [4.69, 9.17) is 21.1 Å². The van der Waals surface area contributed by atoms with Crippen molar-refractivity contribution in [1.82, 2.24) is 0 Å². The Kier molecular flexibility index (Phi) is 5.94. The summed E-state index contributed by atoms with van der Waals surface area (Å²) in [6, 6.07) is 9.43. The van der Waals surface area contributed by atoms with E-state index in [0.717, 1.165) is 6.20 Å². The standard InChI is InChI=1S/C16H11BrClNO5/c1-23-14-8-10(5-6-19(21)22)7-13(17)15(14)24-16(20)11-3-2-4-12(18)9-11/h2-9H,1H3/b6-5+. The highest BCUT2D eigenvalue weighted by atomic mass is 79.9. The molecule has 0 aliphatic rings. The molecule has 0 saturated carbocycles. The van der Waals surface area contributed by atoms with E-state index >= 15 is 0 Å². The van der Waals surface area contributed by atoms with Gasteiger partial charge in [0.2, 0.25) is 6.20 Å². The fourth-order valence-corrected chi connectivity index (χ4v) is 2.58. The average molecular weight is 413 g/mol. The number of esters is 1. The number of nitro groups is 1. The first-order valence-corrected chi connectivity index (χ1v) is 7.75. The minimum Gasteiger partial charge on any atom is -0.493 e. The minimum atomic E-state index is -0.606.